The summed E-state index contributed by atoms with van der Waals surface area (Å²) in [5.74, 6) is -0.495. The van der Waals surface area contributed by atoms with Gasteiger partial charge in [-0.25, -0.2) is 0 Å². The molecule has 0 aliphatic heterocycles. The standard InChI is InChI=1S/C17H17N5O3S/c1-12-3-5-15(6-4-12)26(24,25)22-8-7-16(21-22)17(23)20-11-14-10-18-13(2)9-19-14/h3-10H,11H2,1-2H3,(H,20,23). The van der Waals surface area contributed by atoms with E-state index in [4.69, 9.17) is 0 Å². The summed E-state index contributed by atoms with van der Waals surface area (Å²) in [7, 11) is -3.84. The Morgan fingerprint density at radius 1 is 1.08 bits per heavy atom. The summed E-state index contributed by atoms with van der Waals surface area (Å²) >= 11 is 0. The highest BCUT2D eigenvalue weighted by Gasteiger charge is 2.20. The van der Waals surface area contributed by atoms with Crippen molar-refractivity contribution in [3.05, 3.63) is 71.6 Å². The zero-order valence-corrected chi connectivity index (χ0v) is 15.1. The lowest BCUT2D eigenvalue weighted by Crippen LogP contribution is -2.24. The minimum absolute atomic E-state index is 0.000701. The summed E-state index contributed by atoms with van der Waals surface area (Å²) in [4.78, 5) is 20.5. The van der Waals surface area contributed by atoms with Crippen molar-refractivity contribution in [2.45, 2.75) is 25.3 Å². The van der Waals surface area contributed by atoms with Gasteiger partial charge in [-0.3, -0.25) is 14.8 Å². The number of nitrogens with one attached hydrogen (secondary N) is 1. The van der Waals surface area contributed by atoms with E-state index in [-0.39, 0.29) is 17.1 Å². The second-order valence-corrected chi connectivity index (χ2v) is 7.52. The van der Waals surface area contributed by atoms with Gasteiger partial charge in [-0.1, -0.05) is 17.7 Å². The number of nitrogens with zero attached hydrogens (tertiary/aromatic N) is 4. The molecule has 1 aromatic carbocycles. The number of hydrogen-bond acceptors (Lipinski definition) is 6. The van der Waals surface area contributed by atoms with Crippen LogP contribution in [0.4, 0.5) is 0 Å². The number of rotatable bonds is 5. The van der Waals surface area contributed by atoms with Crippen LogP contribution in [0.2, 0.25) is 0 Å². The van der Waals surface area contributed by atoms with E-state index in [1.54, 1.807) is 24.5 Å². The zero-order chi connectivity index (χ0) is 18.7. The van der Waals surface area contributed by atoms with Crippen LogP contribution in [0, 0.1) is 13.8 Å². The molecule has 134 valence electrons. The Balaban J connectivity index is 1.73. The molecule has 1 amide bonds. The first-order valence-corrected chi connectivity index (χ1v) is 9.24. The van der Waals surface area contributed by atoms with Gasteiger partial charge in [0.1, 0.15) is 0 Å². The van der Waals surface area contributed by atoms with Crippen molar-refractivity contribution in [2.75, 3.05) is 0 Å². The quantitative estimate of drug-likeness (QED) is 0.728. The number of aromatic nitrogens is 4. The Bertz CT molecular complexity index is 1030. The predicted octanol–water partition coefficient (Wildman–Crippen LogP) is 1.46. The average Bonchev–Trinajstić information content (AvgIpc) is 3.12. The number of benzene rings is 1. The van der Waals surface area contributed by atoms with Gasteiger partial charge >= 0.3 is 0 Å². The number of amides is 1. The molecule has 0 aliphatic carbocycles. The van der Waals surface area contributed by atoms with E-state index >= 15 is 0 Å². The topological polar surface area (TPSA) is 107 Å². The molecule has 0 fully saturated rings. The molecule has 26 heavy (non-hydrogen) atoms. The fraction of sp³-hybridized carbons (Fsp3) is 0.176. The first-order chi connectivity index (χ1) is 12.4. The van der Waals surface area contributed by atoms with Crippen LogP contribution in [-0.4, -0.2) is 33.5 Å². The lowest BCUT2D eigenvalue weighted by molar-refractivity contribution is 0.0945. The lowest BCUT2D eigenvalue weighted by Gasteiger charge is -2.05. The van der Waals surface area contributed by atoms with Crippen LogP contribution < -0.4 is 5.32 Å². The molecule has 0 spiro atoms. The SMILES string of the molecule is Cc1ccc(S(=O)(=O)n2ccc(C(=O)NCc3cnc(C)cn3)n2)cc1. The van der Waals surface area contributed by atoms with Crippen LogP contribution in [0.5, 0.6) is 0 Å². The second-order valence-electron chi connectivity index (χ2n) is 5.72. The summed E-state index contributed by atoms with van der Waals surface area (Å²) in [6.07, 6.45) is 4.41. The van der Waals surface area contributed by atoms with Gasteiger partial charge in [0.15, 0.2) is 5.69 Å². The van der Waals surface area contributed by atoms with Crippen LogP contribution in [-0.2, 0) is 16.6 Å². The summed E-state index contributed by atoms with van der Waals surface area (Å²) in [6.45, 7) is 3.85. The molecule has 0 atom stereocenters. The van der Waals surface area contributed by atoms with Gasteiger partial charge in [0.2, 0.25) is 0 Å². The molecule has 0 saturated heterocycles. The Kier molecular flexibility index (Phi) is 4.81. The van der Waals surface area contributed by atoms with E-state index in [0.717, 1.165) is 15.3 Å². The van der Waals surface area contributed by atoms with Gasteiger partial charge < -0.3 is 5.32 Å². The van der Waals surface area contributed by atoms with Crippen LogP contribution >= 0.6 is 0 Å². The van der Waals surface area contributed by atoms with E-state index in [9.17, 15) is 13.2 Å². The van der Waals surface area contributed by atoms with Crippen LogP contribution in [0.15, 0.2) is 53.8 Å². The highest BCUT2D eigenvalue weighted by molar-refractivity contribution is 7.89. The molecule has 0 unspecified atom stereocenters. The largest absolute Gasteiger partial charge is 0.345 e. The van der Waals surface area contributed by atoms with Crippen LogP contribution in [0.25, 0.3) is 0 Å². The third-order valence-electron chi connectivity index (χ3n) is 3.63. The molecule has 3 rings (SSSR count). The molecule has 2 heterocycles. The third-order valence-corrected chi connectivity index (χ3v) is 5.19. The number of hydrogen-bond donors (Lipinski definition) is 1. The summed E-state index contributed by atoms with van der Waals surface area (Å²) in [5, 5.41) is 6.52. The van der Waals surface area contributed by atoms with Gasteiger partial charge in [0, 0.05) is 12.4 Å². The van der Waals surface area contributed by atoms with Gasteiger partial charge in [-0.15, -0.1) is 0 Å². The first-order valence-electron chi connectivity index (χ1n) is 7.80. The molecule has 0 radical (unpaired) electrons. The molecule has 2 aromatic heterocycles. The molecule has 8 nitrogen and oxygen atoms in total. The maximum Gasteiger partial charge on any atom is 0.282 e. The highest BCUT2D eigenvalue weighted by Crippen LogP contribution is 2.14. The Morgan fingerprint density at radius 2 is 1.81 bits per heavy atom. The van der Waals surface area contributed by atoms with Gasteiger partial charge in [-0.05, 0) is 32.0 Å². The third kappa shape index (κ3) is 3.77. The first kappa shape index (κ1) is 17.7. The zero-order valence-electron chi connectivity index (χ0n) is 14.2. The van der Waals surface area contributed by atoms with Crippen molar-refractivity contribution in [1.82, 2.24) is 24.5 Å². The summed E-state index contributed by atoms with van der Waals surface area (Å²) in [6, 6.07) is 7.76. The fourth-order valence-corrected chi connectivity index (χ4v) is 3.26. The van der Waals surface area contributed by atoms with Crippen LogP contribution in [0.3, 0.4) is 0 Å². The molecular weight excluding hydrogens is 354 g/mol. The minimum Gasteiger partial charge on any atom is -0.345 e. The molecule has 1 N–H and O–H groups in total. The smallest absolute Gasteiger partial charge is 0.282 e. The molecule has 3 aromatic rings. The van der Waals surface area contributed by atoms with Crippen molar-refractivity contribution in [1.29, 1.82) is 0 Å². The lowest BCUT2D eigenvalue weighted by atomic mass is 10.2. The highest BCUT2D eigenvalue weighted by atomic mass is 32.2. The Hall–Kier alpha value is -3.07. The summed E-state index contributed by atoms with van der Waals surface area (Å²) < 4.78 is 25.9. The molecule has 0 bridgehead atoms. The maximum absolute atomic E-state index is 12.5. The fourth-order valence-electron chi connectivity index (χ4n) is 2.15. The maximum atomic E-state index is 12.5. The minimum atomic E-state index is -3.84. The van der Waals surface area contributed by atoms with Crippen molar-refractivity contribution < 1.29 is 13.2 Å². The molecular formula is C17H17N5O3S. The van der Waals surface area contributed by atoms with E-state index < -0.39 is 15.9 Å². The van der Waals surface area contributed by atoms with Crippen molar-refractivity contribution >= 4 is 15.9 Å². The predicted molar refractivity (Wildman–Crippen MR) is 93.9 cm³/mol. The van der Waals surface area contributed by atoms with Crippen molar-refractivity contribution in [2.24, 2.45) is 0 Å². The molecule has 0 saturated carbocycles. The molecule has 9 heteroatoms. The normalized spacial score (nSPS) is 11.3. The van der Waals surface area contributed by atoms with E-state index in [1.807, 2.05) is 13.8 Å². The van der Waals surface area contributed by atoms with E-state index in [2.05, 4.69) is 20.4 Å². The number of aryl methyl sites for hydroxylation is 2. The van der Waals surface area contributed by atoms with E-state index in [1.165, 1.54) is 24.4 Å². The van der Waals surface area contributed by atoms with Crippen molar-refractivity contribution in [3.63, 3.8) is 0 Å². The van der Waals surface area contributed by atoms with Crippen molar-refractivity contribution in [3.8, 4) is 0 Å². The average molecular weight is 371 g/mol. The monoisotopic (exact) mass is 371 g/mol. The van der Waals surface area contributed by atoms with Gasteiger partial charge in [0.25, 0.3) is 15.9 Å². The number of carbonyl (C=O) groups is 1. The van der Waals surface area contributed by atoms with Gasteiger partial charge in [-0.2, -0.15) is 17.6 Å². The Morgan fingerprint density at radius 3 is 2.46 bits per heavy atom. The summed E-state index contributed by atoms with van der Waals surface area (Å²) in [5.41, 5.74) is 2.32. The molecule has 0 aliphatic rings. The van der Waals surface area contributed by atoms with Gasteiger partial charge in [0.05, 0.1) is 29.0 Å². The Labute approximate surface area is 151 Å². The number of carbonyl (C=O) groups excluding carboxylic acids is 1. The van der Waals surface area contributed by atoms with Crippen LogP contribution in [0.1, 0.15) is 27.4 Å². The van der Waals surface area contributed by atoms with E-state index in [0.29, 0.717) is 5.69 Å². The second kappa shape index (κ2) is 7.04.